The van der Waals surface area contributed by atoms with E-state index in [-0.39, 0.29) is 12.4 Å². The van der Waals surface area contributed by atoms with Gasteiger partial charge in [0.25, 0.3) is 0 Å². The zero-order chi connectivity index (χ0) is 21.2. The fourth-order valence-corrected chi connectivity index (χ4v) is 3.32. The third kappa shape index (κ3) is 5.68. The highest BCUT2D eigenvalue weighted by molar-refractivity contribution is 6.21. The third-order valence-electron chi connectivity index (χ3n) is 5.03. The summed E-state index contributed by atoms with van der Waals surface area (Å²) in [6.45, 7) is -0.00597. The van der Waals surface area contributed by atoms with Crippen molar-refractivity contribution in [3.05, 3.63) is 120 Å². The molecule has 3 nitrogen and oxygen atoms in total. The molecule has 2 N–H and O–H groups in total. The van der Waals surface area contributed by atoms with Crippen LogP contribution in [0, 0.1) is 5.41 Å². The zero-order valence-electron chi connectivity index (χ0n) is 16.7. The number of aliphatic hydroxyl groups is 1. The van der Waals surface area contributed by atoms with Crippen LogP contribution in [0.3, 0.4) is 0 Å². The van der Waals surface area contributed by atoms with Crippen LogP contribution in [0.2, 0.25) is 0 Å². The van der Waals surface area contributed by atoms with Gasteiger partial charge in [-0.25, -0.2) is 9.37 Å². The normalized spacial score (nSPS) is 17.5. The fourth-order valence-electron chi connectivity index (χ4n) is 3.32. The highest BCUT2D eigenvalue weighted by atomic mass is 19.1. The molecule has 2 radical (unpaired) electrons. The molecule has 1 unspecified atom stereocenters. The molecule has 1 aliphatic carbocycles. The second kappa shape index (κ2) is 10.6. The van der Waals surface area contributed by atoms with Crippen LogP contribution in [-0.2, 0) is 6.42 Å². The number of hydrogen-bond acceptors (Lipinski definition) is 2. The molecule has 1 aromatic heterocycles. The summed E-state index contributed by atoms with van der Waals surface area (Å²) in [6, 6.07) is 20.3. The molecular weight excluding hydrogens is 374 g/mol. The number of H-pyrrole nitrogens is 1. The van der Waals surface area contributed by atoms with Gasteiger partial charge in [-0.15, -0.1) is 5.98 Å². The molecule has 0 saturated heterocycles. The molecule has 0 aliphatic heterocycles. The standard InChI is InChI=1S/C14H11B.C11H13FN2O/c15-11-14(12-7-3-1-4-8-12)13-9-5-2-6-10-13;12-9-1-3-11(8-15,4-2-9)7-10-13-5-6-14-10/h1-11H;1-3,5-6,15H,4,7-8H2,(H,13,14). The van der Waals surface area contributed by atoms with Gasteiger partial charge in [0, 0.05) is 24.2 Å². The average Bonchev–Trinajstić information content (AvgIpc) is 3.31. The molecule has 1 heterocycles. The van der Waals surface area contributed by atoms with Crippen molar-refractivity contribution < 1.29 is 9.50 Å². The topological polar surface area (TPSA) is 48.9 Å². The van der Waals surface area contributed by atoms with E-state index in [0.29, 0.717) is 12.8 Å². The van der Waals surface area contributed by atoms with Gasteiger partial charge in [-0.1, -0.05) is 66.7 Å². The van der Waals surface area contributed by atoms with Crippen molar-refractivity contribution >= 4 is 13.4 Å². The van der Waals surface area contributed by atoms with E-state index >= 15 is 0 Å². The Labute approximate surface area is 178 Å². The van der Waals surface area contributed by atoms with Crippen LogP contribution in [0.1, 0.15) is 23.4 Å². The SMILES string of the molecule is OCC1(Cc2ncc[nH]2)C=CC(F)=CC1.[B]C=C(c1ccccc1)c1ccccc1. The Kier molecular flexibility index (Phi) is 7.58. The summed E-state index contributed by atoms with van der Waals surface area (Å²) < 4.78 is 12.8. The van der Waals surface area contributed by atoms with Crippen molar-refractivity contribution in [3.63, 3.8) is 0 Å². The summed E-state index contributed by atoms with van der Waals surface area (Å²) in [6.07, 6.45) is 9.14. The Morgan fingerprint density at radius 3 is 2.17 bits per heavy atom. The lowest BCUT2D eigenvalue weighted by Gasteiger charge is -2.28. The minimum absolute atomic E-state index is 0.00597. The first-order valence-electron chi connectivity index (χ1n) is 9.82. The van der Waals surface area contributed by atoms with Crippen molar-refractivity contribution in [2.45, 2.75) is 12.8 Å². The zero-order valence-corrected chi connectivity index (χ0v) is 16.7. The average molecular weight is 398 g/mol. The van der Waals surface area contributed by atoms with E-state index in [2.05, 4.69) is 34.2 Å². The van der Waals surface area contributed by atoms with Crippen molar-refractivity contribution in [2.24, 2.45) is 5.41 Å². The summed E-state index contributed by atoms with van der Waals surface area (Å²) >= 11 is 0. The number of hydrogen-bond donors (Lipinski definition) is 2. The van der Waals surface area contributed by atoms with Crippen LogP contribution < -0.4 is 0 Å². The van der Waals surface area contributed by atoms with Crippen LogP contribution in [0.15, 0.2) is 103 Å². The van der Waals surface area contributed by atoms with E-state index in [1.807, 2.05) is 36.4 Å². The molecule has 4 rings (SSSR count). The van der Waals surface area contributed by atoms with Gasteiger partial charge in [-0.3, -0.25) is 0 Å². The maximum atomic E-state index is 12.8. The molecule has 0 saturated carbocycles. The summed E-state index contributed by atoms with van der Waals surface area (Å²) in [5, 5.41) is 9.38. The highest BCUT2D eigenvalue weighted by Gasteiger charge is 2.29. The van der Waals surface area contributed by atoms with E-state index in [0.717, 1.165) is 22.5 Å². The number of halogens is 1. The van der Waals surface area contributed by atoms with Crippen LogP contribution in [0.5, 0.6) is 0 Å². The van der Waals surface area contributed by atoms with E-state index in [4.69, 9.17) is 7.85 Å². The Morgan fingerprint density at radius 1 is 1.10 bits per heavy atom. The lowest BCUT2D eigenvalue weighted by molar-refractivity contribution is 0.166. The van der Waals surface area contributed by atoms with Crippen molar-refractivity contribution in [1.82, 2.24) is 9.97 Å². The molecule has 0 amide bonds. The molecule has 0 bridgehead atoms. The first-order chi connectivity index (χ1) is 14.7. The van der Waals surface area contributed by atoms with Crippen molar-refractivity contribution in [1.29, 1.82) is 0 Å². The highest BCUT2D eigenvalue weighted by Crippen LogP contribution is 2.32. The quantitative estimate of drug-likeness (QED) is 0.595. The third-order valence-corrected chi connectivity index (χ3v) is 5.03. The summed E-state index contributed by atoms with van der Waals surface area (Å²) in [7, 11) is 5.67. The maximum Gasteiger partial charge on any atom is 0.118 e. The number of rotatable bonds is 5. The Balaban J connectivity index is 0.000000171. The molecule has 5 heteroatoms. The number of nitrogens with one attached hydrogen (secondary N) is 1. The number of allylic oxidation sites excluding steroid dienone is 3. The predicted molar refractivity (Wildman–Crippen MR) is 120 cm³/mol. The monoisotopic (exact) mass is 398 g/mol. The molecule has 0 fully saturated rings. The van der Waals surface area contributed by atoms with Crippen LogP contribution >= 0.6 is 0 Å². The van der Waals surface area contributed by atoms with Gasteiger partial charge < -0.3 is 10.1 Å². The lowest BCUT2D eigenvalue weighted by atomic mass is 9.79. The Bertz CT molecular complexity index is 957. The fraction of sp³-hybridized carbons (Fsp3) is 0.160. The number of imidazole rings is 1. The predicted octanol–water partition coefficient (Wildman–Crippen LogP) is 4.99. The maximum absolute atomic E-state index is 12.8. The largest absolute Gasteiger partial charge is 0.395 e. The summed E-state index contributed by atoms with van der Waals surface area (Å²) in [4.78, 5) is 7.09. The molecule has 1 aliphatic rings. The lowest BCUT2D eigenvalue weighted by Crippen LogP contribution is -2.27. The molecule has 0 spiro atoms. The van der Waals surface area contributed by atoms with Crippen LogP contribution in [0.4, 0.5) is 4.39 Å². The minimum atomic E-state index is -0.409. The Hall–Kier alpha value is -3.18. The smallest absolute Gasteiger partial charge is 0.118 e. The second-order valence-electron chi connectivity index (χ2n) is 7.17. The van der Waals surface area contributed by atoms with Crippen molar-refractivity contribution in [2.75, 3.05) is 6.61 Å². The van der Waals surface area contributed by atoms with Gasteiger partial charge in [0.15, 0.2) is 0 Å². The van der Waals surface area contributed by atoms with E-state index in [1.165, 1.54) is 12.2 Å². The van der Waals surface area contributed by atoms with Gasteiger partial charge in [0.1, 0.15) is 19.5 Å². The van der Waals surface area contributed by atoms with Gasteiger partial charge in [0.2, 0.25) is 0 Å². The minimum Gasteiger partial charge on any atom is -0.395 e. The number of nitrogens with zero attached hydrogens (tertiary/aromatic N) is 1. The first kappa shape index (κ1) is 21.5. The van der Waals surface area contributed by atoms with Crippen LogP contribution in [-0.4, -0.2) is 29.5 Å². The molecule has 1 atom stereocenters. The second-order valence-corrected chi connectivity index (χ2v) is 7.17. The number of benzene rings is 2. The van der Waals surface area contributed by atoms with Gasteiger partial charge in [-0.2, -0.15) is 0 Å². The van der Waals surface area contributed by atoms with E-state index in [9.17, 15) is 9.50 Å². The Morgan fingerprint density at radius 2 is 1.73 bits per heavy atom. The van der Waals surface area contributed by atoms with Gasteiger partial charge in [0.05, 0.1) is 6.61 Å². The molecule has 2 aromatic carbocycles. The number of aliphatic hydroxyl groups excluding tert-OH is 1. The molecule has 3 aromatic rings. The molecule has 150 valence electrons. The van der Waals surface area contributed by atoms with Gasteiger partial charge in [-0.05, 0) is 35.3 Å². The van der Waals surface area contributed by atoms with Crippen LogP contribution in [0.25, 0.3) is 5.57 Å². The number of aromatic nitrogens is 2. The number of aromatic amines is 1. The van der Waals surface area contributed by atoms with Crippen molar-refractivity contribution in [3.8, 4) is 0 Å². The summed E-state index contributed by atoms with van der Waals surface area (Å²) in [5.74, 6) is 2.23. The summed E-state index contributed by atoms with van der Waals surface area (Å²) in [5.41, 5.74) is 2.95. The molecule has 30 heavy (non-hydrogen) atoms. The van der Waals surface area contributed by atoms with Gasteiger partial charge >= 0.3 is 0 Å². The molecular formula is C25H24BFN2O. The first-order valence-corrected chi connectivity index (χ1v) is 9.82. The van der Waals surface area contributed by atoms with E-state index < -0.39 is 5.41 Å². The van der Waals surface area contributed by atoms with E-state index in [1.54, 1.807) is 24.4 Å².